The first-order valence-corrected chi connectivity index (χ1v) is 0. The Morgan fingerprint density at radius 1 is 0.188 bits per heavy atom. The summed E-state index contributed by atoms with van der Waals surface area (Å²) in [4.78, 5) is 0. The van der Waals surface area contributed by atoms with Crippen LogP contribution in [0.5, 0.6) is 0 Å². The molecule has 0 saturated carbocycles. The molecule has 0 aromatic carbocycles. The fourth-order valence-electron chi connectivity index (χ4n) is 0. The normalized spacial score (nSPS) is 0. The van der Waals surface area contributed by atoms with E-state index in [4.69, 9.17) is 0 Å². The van der Waals surface area contributed by atoms with Crippen molar-refractivity contribution in [3.05, 3.63) is 84.0 Å². The van der Waals surface area contributed by atoms with Crippen LogP contribution in [0.2, 0.25) is 0 Å². The van der Waals surface area contributed by atoms with Gasteiger partial charge < -0.3 is 84.0 Å². The minimum atomic E-state index is 0. The van der Waals surface area contributed by atoms with Crippen LogP contribution in [0.15, 0.2) is 0 Å². The Morgan fingerprint density at radius 2 is 0.188 bits per heavy atom. The topological polar surface area (TPSA) is 134 Å². The van der Waals surface area contributed by atoms with Gasteiger partial charge in [-0.25, -0.2) is 0 Å². The van der Waals surface area contributed by atoms with Crippen LogP contribution in [0.25, 0.3) is 24.6 Å². The van der Waals surface area contributed by atoms with Crippen molar-refractivity contribution in [1.29, 1.82) is 0 Å². The van der Waals surface area contributed by atoms with Crippen molar-refractivity contribution in [2.45, 2.75) is 0 Å². The van der Waals surface area contributed by atoms with Gasteiger partial charge in [0.2, 0.25) is 0 Å². The van der Waals surface area contributed by atoms with Gasteiger partial charge in [-0.05, 0) is 0 Å². The van der Waals surface area contributed by atoms with Gasteiger partial charge in [0.1, 0.15) is 0 Å². The molecule has 0 aromatic rings. The zero-order chi connectivity index (χ0) is 0. The monoisotopic (exact) mass is 544 g/mol. The van der Waals surface area contributed by atoms with Crippen molar-refractivity contribution >= 4 is 0 Å². The first-order chi connectivity index (χ1) is 0. The quantitative estimate of drug-likeness (QED) is 0.307. The van der Waals surface area contributed by atoms with Crippen molar-refractivity contribution in [3.8, 4) is 0 Å². The molecule has 4 radical (unpaired) electrons. The Hall–Kier alpha value is 3.37. The summed E-state index contributed by atoms with van der Waals surface area (Å²) in [5.41, 5.74) is 0. The maximum Gasteiger partial charge on any atom is 3.00 e. The van der Waals surface area contributed by atoms with E-state index in [0.29, 0.717) is 0 Å². The molecule has 0 aliphatic rings. The standard InChI is InChI=1S/8CH3.4H2N.4Zr/h8*1H3;4*1H2;;;;/q12*-1;4*+3. The van der Waals surface area contributed by atoms with E-state index in [9.17, 15) is 0 Å². The van der Waals surface area contributed by atoms with Gasteiger partial charge >= 0.3 is 105 Å². The number of rotatable bonds is 0. The van der Waals surface area contributed by atoms with Crippen molar-refractivity contribution in [2.75, 3.05) is 0 Å². The Morgan fingerprint density at radius 3 is 0.188 bits per heavy atom. The molecule has 0 amide bonds. The van der Waals surface area contributed by atoms with Gasteiger partial charge in [0.15, 0.2) is 0 Å². The van der Waals surface area contributed by atoms with Crippen molar-refractivity contribution in [3.63, 3.8) is 0 Å². The number of nitrogens with two attached hydrogens (primary N) is 4. The minimum absolute atomic E-state index is 0. The Kier molecular flexibility index (Phi) is 17500. The fraction of sp³-hybridized carbons (Fsp3) is 0. The van der Waals surface area contributed by atoms with Crippen LogP contribution < -0.4 is 0 Å². The number of hydrogen-bond acceptors (Lipinski definition) is 0. The third kappa shape index (κ3) is 409. The van der Waals surface area contributed by atoms with Crippen LogP contribution in [0.3, 0.4) is 0 Å². The van der Waals surface area contributed by atoms with E-state index in [1.807, 2.05) is 0 Å². The third-order valence-corrected chi connectivity index (χ3v) is 0. The molecule has 0 bridgehead atoms. The first-order valence-electron chi connectivity index (χ1n) is 0. The zero-order valence-corrected chi connectivity index (χ0v) is 22.1. The summed E-state index contributed by atoms with van der Waals surface area (Å²) in [6.45, 7) is 0. The summed E-state index contributed by atoms with van der Waals surface area (Å²) in [6.07, 6.45) is 0. The Labute approximate surface area is 186 Å². The molecule has 0 spiro atoms. The average Bonchev–Trinajstić information content (AvgIpc) is 0. The molecule has 0 fully saturated rings. The maximum absolute atomic E-state index is 0. The second kappa shape index (κ2) is 488. The Bertz CT molecular complexity index is 24.0. The van der Waals surface area contributed by atoms with Crippen LogP contribution in [-0.4, -0.2) is 0 Å². The van der Waals surface area contributed by atoms with E-state index in [-0.39, 0.29) is 189 Å². The molecule has 8 N–H and O–H groups in total. The molecule has 0 rings (SSSR count). The smallest absolute Gasteiger partial charge is 0.693 e. The summed E-state index contributed by atoms with van der Waals surface area (Å²) < 4.78 is 0. The van der Waals surface area contributed by atoms with Crippen molar-refractivity contribution < 1.29 is 105 Å². The molecule has 0 aliphatic carbocycles. The first kappa shape index (κ1) is 575. The van der Waals surface area contributed by atoms with E-state index in [2.05, 4.69) is 0 Å². The second-order valence-electron chi connectivity index (χ2n) is 0. The second-order valence-corrected chi connectivity index (χ2v) is 0. The van der Waals surface area contributed by atoms with Gasteiger partial charge in [0.25, 0.3) is 0 Å². The van der Waals surface area contributed by atoms with Crippen molar-refractivity contribution in [1.82, 2.24) is 0 Å². The molecule has 16 heavy (non-hydrogen) atoms. The van der Waals surface area contributed by atoms with E-state index < -0.39 is 0 Å². The van der Waals surface area contributed by atoms with Gasteiger partial charge in [0.05, 0.1) is 0 Å². The molecule has 0 aromatic heterocycles. The summed E-state index contributed by atoms with van der Waals surface area (Å²) in [5.74, 6) is 0. The van der Waals surface area contributed by atoms with E-state index in [0.717, 1.165) is 0 Å². The average molecular weight is 549 g/mol. The van der Waals surface area contributed by atoms with Crippen LogP contribution in [-0.2, 0) is 105 Å². The molecule has 0 saturated heterocycles. The van der Waals surface area contributed by atoms with Crippen LogP contribution in [0, 0.1) is 59.4 Å². The predicted octanol–water partition coefficient (Wildman–Crippen LogP) is 6.46. The molecule has 0 aliphatic heterocycles. The summed E-state index contributed by atoms with van der Waals surface area (Å²) in [6, 6.07) is 0. The molecule has 100 valence electrons. The molecule has 0 unspecified atom stereocenters. The van der Waals surface area contributed by atoms with Crippen LogP contribution in [0.4, 0.5) is 0 Å². The Balaban J connectivity index is 0. The largest absolute Gasteiger partial charge is 3.00 e. The SMILES string of the molecule is [CH3-].[CH3-].[CH3-].[CH3-].[CH3-].[CH3-].[CH3-].[CH3-].[NH2-].[NH2-].[NH2-].[NH2-].[Zr+3].[Zr+3].[Zr+3].[Zr+3]. The fourth-order valence-corrected chi connectivity index (χ4v) is 0. The molecular weight excluding hydrogens is 517 g/mol. The maximum atomic E-state index is 0. The summed E-state index contributed by atoms with van der Waals surface area (Å²) in [7, 11) is 0. The van der Waals surface area contributed by atoms with Gasteiger partial charge in [0, 0.05) is 0 Å². The van der Waals surface area contributed by atoms with Crippen LogP contribution >= 0.6 is 0 Å². The molecular formula is C8H32N4Zr4. The minimum Gasteiger partial charge on any atom is -0.693 e. The van der Waals surface area contributed by atoms with Gasteiger partial charge in [-0.2, -0.15) is 0 Å². The molecule has 8 heteroatoms. The van der Waals surface area contributed by atoms with E-state index >= 15 is 0 Å². The van der Waals surface area contributed by atoms with Crippen molar-refractivity contribution in [2.24, 2.45) is 0 Å². The zero-order valence-electron chi connectivity index (χ0n) is 12.3. The van der Waals surface area contributed by atoms with E-state index in [1.54, 1.807) is 0 Å². The van der Waals surface area contributed by atoms with Crippen LogP contribution in [0.1, 0.15) is 0 Å². The molecule has 0 atom stereocenters. The van der Waals surface area contributed by atoms with Gasteiger partial charge in [-0.3, -0.25) is 0 Å². The van der Waals surface area contributed by atoms with Gasteiger partial charge in [-0.1, -0.05) is 0 Å². The third-order valence-electron chi connectivity index (χ3n) is 0. The van der Waals surface area contributed by atoms with Gasteiger partial charge in [-0.15, -0.1) is 0 Å². The summed E-state index contributed by atoms with van der Waals surface area (Å²) in [5, 5.41) is 0. The molecule has 0 heterocycles. The number of hydrogen-bond donors (Lipinski definition) is 0. The predicted molar refractivity (Wildman–Crippen MR) is 72.4 cm³/mol. The summed E-state index contributed by atoms with van der Waals surface area (Å²) >= 11 is 0. The molecule has 4 nitrogen and oxygen atoms in total. The van der Waals surface area contributed by atoms with E-state index in [1.165, 1.54) is 0 Å².